The van der Waals surface area contributed by atoms with Crippen molar-refractivity contribution < 1.29 is 18.8 Å². The molecule has 1 aromatic carbocycles. The van der Waals surface area contributed by atoms with Crippen molar-refractivity contribution in [1.82, 2.24) is 15.5 Å². The van der Waals surface area contributed by atoms with E-state index in [4.69, 9.17) is 9.26 Å². The Morgan fingerprint density at radius 2 is 2.20 bits per heavy atom. The number of hydrogen-bond acceptors (Lipinski definition) is 6. The predicted octanol–water partition coefficient (Wildman–Crippen LogP) is 1.32. The molecule has 2 aromatic rings. The zero-order valence-electron chi connectivity index (χ0n) is 13.5. The highest BCUT2D eigenvalue weighted by Crippen LogP contribution is 2.18. The SMILES string of the molecule is Cc1ccccc1OCC(=O)NCc1nc(C2C=CC=NC2=O)no1. The largest absolute Gasteiger partial charge is 0.484 e. The van der Waals surface area contributed by atoms with Gasteiger partial charge in [0.05, 0.1) is 6.54 Å². The highest BCUT2D eigenvalue weighted by molar-refractivity contribution is 5.96. The van der Waals surface area contributed by atoms with E-state index < -0.39 is 5.92 Å². The highest BCUT2D eigenvalue weighted by Gasteiger charge is 2.24. The molecule has 128 valence electrons. The molecule has 2 heterocycles. The van der Waals surface area contributed by atoms with Crippen LogP contribution < -0.4 is 10.1 Å². The Kier molecular flexibility index (Phi) is 4.98. The number of carbonyl (C=O) groups excluding carboxylic acids is 2. The molecule has 1 aliphatic heterocycles. The lowest BCUT2D eigenvalue weighted by Crippen LogP contribution is -2.28. The smallest absolute Gasteiger partial charge is 0.260 e. The molecule has 8 heteroatoms. The van der Waals surface area contributed by atoms with Gasteiger partial charge in [-0.25, -0.2) is 4.99 Å². The van der Waals surface area contributed by atoms with E-state index in [0.717, 1.165) is 5.56 Å². The van der Waals surface area contributed by atoms with E-state index in [1.165, 1.54) is 6.21 Å². The van der Waals surface area contributed by atoms with E-state index in [1.807, 2.05) is 25.1 Å². The van der Waals surface area contributed by atoms with Crippen molar-refractivity contribution in [3.05, 3.63) is 53.7 Å². The van der Waals surface area contributed by atoms with Gasteiger partial charge in [0.15, 0.2) is 12.4 Å². The number of allylic oxidation sites excluding steroid dienone is 1. The first-order valence-electron chi connectivity index (χ1n) is 7.66. The molecule has 1 aliphatic rings. The lowest BCUT2D eigenvalue weighted by Gasteiger charge is -2.08. The molecule has 0 saturated heterocycles. The van der Waals surface area contributed by atoms with Crippen LogP contribution in [0.1, 0.15) is 23.2 Å². The van der Waals surface area contributed by atoms with E-state index in [2.05, 4.69) is 20.4 Å². The topological polar surface area (TPSA) is 107 Å². The van der Waals surface area contributed by atoms with Gasteiger partial charge in [-0.3, -0.25) is 9.59 Å². The van der Waals surface area contributed by atoms with Gasteiger partial charge in [0.2, 0.25) is 5.89 Å². The summed E-state index contributed by atoms with van der Waals surface area (Å²) >= 11 is 0. The standard InChI is InChI=1S/C17H16N4O4/c1-11-5-2-3-7-13(11)24-10-14(22)19-9-15-20-16(21-25-15)12-6-4-8-18-17(12)23/h2-8,12H,9-10H2,1H3,(H,19,22). The number of aliphatic imine (C=N–C) groups is 1. The van der Waals surface area contributed by atoms with E-state index in [1.54, 1.807) is 18.2 Å². The molecule has 1 atom stereocenters. The molecular weight excluding hydrogens is 324 g/mol. The van der Waals surface area contributed by atoms with Crippen LogP contribution in [0.25, 0.3) is 0 Å². The van der Waals surface area contributed by atoms with Crippen LogP contribution in [0.15, 0.2) is 45.9 Å². The molecule has 0 fully saturated rings. The van der Waals surface area contributed by atoms with Crippen molar-refractivity contribution in [2.75, 3.05) is 6.61 Å². The van der Waals surface area contributed by atoms with Crippen LogP contribution in [0, 0.1) is 6.92 Å². The van der Waals surface area contributed by atoms with Crippen LogP contribution in [0.5, 0.6) is 5.75 Å². The number of ether oxygens (including phenoxy) is 1. The fourth-order valence-corrected chi connectivity index (χ4v) is 2.19. The molecule has 8 nitrogen and oxygen atoms in total. The first-order valence-corrected chi connectivity index (χ1v) is 7.66. The Morgan fingerprint density at radius 1 is 1.36 bits per heavy atom. The molecule has 0 spiro atoms. The Hall–Kier alpha value is -3.29. The molecule has 0 saturated carbocycles. The normalized spacial score (nSPS) is 16.0. The van der Waals surface area contributed by atoms with E-state index in [0.29, 0.717) is 5.75 Å². The average molecular weight is 340 g/mol. The van der Waals surface area contributed by atoms with Crippen molar-refractivity contribution in [2.45, 2.75) is 19.4 Å². The van der Waals surface area contributed by atoms with Gasteiger partial charge in [-0.2, -0.15) is 4.98 Å². The molecule has 1 unspecified atom stereocenters. The summed E-state index contributed by atoms with van der Waals surface area (Å²) in [5.41, 5.74) is 0.949. The molecule has 25 heavy (non-hydrogen) atoms. The van der Waals surface area contributed by atoms with Crippen LogP contribution in [0.2, 0.25) is 0 Å². The summed E-state index contributed by atoms with van der Waals surface area (Å²) in [6.45, 7) is 1.83. The summed E-state index contributed by atoms with van der Waals surface area (Å²) in [6, 6.07) is 7.43. The number of rotatable bonds is 6. The number of nitrogens with zero attached hydrogens (tertiary/aromatic N) is 3. The molecule has 2 amide bonds. The van der Waals surface area contributed by atoms with Crippen molar-refractivity contribution in [1.29, 1.82) is 0 Å². The van der Waals surface area contributed by atoms with E-state index in [-0.39, 0.29) is 36.7 Å². The van der Waals surface area contributed by atoms with Gasteiger partial charge in [0.1, 0.15) is 11.7 Å². The second-order valence-corrected chi connectivity index (χ2v) is 5.36. The van der Waals surface area contributed by atoms with Gasteiger partial charge in [-0.15, -0.1) is 0 Å². The van der Waals surface area contributed by atoms with Gasteiger partial charge in [0.25, 0.3) is 11.8 Å². The minimum absolute atomic E-state index is 0.0524. The number of aromatic nitrogens is 2. The molecule has 0 aliphatic carbocycles. The second kappa shape index (κ2) is 7.52. The third-order valence-corrected chi connectivity index (χ3v) is 3.51. The summed E-state index contributed by atoms with van der Waals surface area (Å²) in [4.78, 5) is 31.3. The third-order valence-electron chi connectivity index (χ3n) is 3.51. The molecule has 0 bridgehead atoms. The first-order chi connectivity index (χ1) is 12.1. The lowest BCUT2D eigenvalue weighted by molar-refractivity contribution is -0.123. The predicted molar refractivity (Wildman–Crippen MR) is 88.2 cm³/mol. The van der Waals surface area contributed by atoms with Crippen LogP contribution in [-0.4, -0.2) is 34.8 Å². The minimum Gasteiger partial charge on any atom is -0.484 e. The molecule has 1 aromatic heterocycles. The van der Waals surface area contributed by atoms with Gasteiger partial charge >= 0.3 is 0 Å². The summed E-state index contributed by atoms with van der Waals surface area (Å²) in [6.07, 6.45) is 4.69. The number of hydrogen-bond donors (Lipinski definition) is 1. The maximum Gasteiger partial charge on any atom is 0.260 e. The minimum atomic E-state index is -0.650. The summed E-state index contributed by atoms with van der Waals surface area (Å²) in [7, 11) is 0. The fourth-order valence-electron chi connectivity index (χ4n) is 2.19. The quantitative estimate of drug-likeness (QED) is 0.850. The molecular formula is C17H16N4O4. The zero-order chi connectivity index (χ0) is 17.6. The van der Waals surface area contributed by atoms with Crippen LogP contribution in [0.3, 0.4) is 0 Å². The number of benzene rings is 1. The van der Waals surface area contributed by atoms with Crippen molar-refractivity contribution in [3.63, 3.8) is 0 Å². The average Bonchev–Trinajstić information content (AvgIpc) is 3.08. The Bertz CT molecular complexity index is 841. The van der Waals surface area contributed by atoms with Crippen LogP contribution in [0.4, 0.5) is 0 Å². The number of dihydropyridines is 1. The van der Waals surface area contributed by atoms with Crippen LogP contribution in [-0.2, 0) is 16.1 Å². The molecule has 3 rings (SSSR count). The van der Waals surface area contributed by atoms with Crippen molar-refractivity contribution in [3.8, 4) is 5.75 Å². The summed E-state index contributed by atoms with van der Waals surface area (Å²) in [5.74, 6) is -0.247. The lowest BCUT2D eigenvalue weighted by atomic mass is 10.1. The molecule has 0 radical (unpaired) electrons. The third kappa shape index (κ3) is 4.17. The maximum atomic E-state index is 11.9. The first kappa shape index (κ1) is 16.6. The zero-order valence-corrected chi connectivity index (χ0v) is 13.5. The van der Waals surface area contributed by atoms with Gasteiger partial charge < -0.3 is 14.6 Å². The molecule has 1 N–H and O–H groups in total. The van der Waals surface area contributed by atoms with Crippen LogP contribution >= 0.6 is 0 Å². The number of carbonyl (C=O) groups is 2. The fraction of sp³-hybridized carbons (Fsp3) is 0.235. The van der Waals surface area contributed by atoms with Crippen molar-refractivity contribution in [2.24, 2.45) is 4.99 Å². The van der Waals surface area contributed by atoms with Gasteiger partial charge in [-0.05, 0) is 24.6 Å². The maximum absolute atomic E-state index is 11.9. The number of aryl methyl sites for hydroxylation is 1. The summed E-state index contributed by atoms with van der Waals surface area (Å²) in [5, 5.41) is 6.38. The second-order valence-electron chi connectivity index (χ2n) is 5.36. The van der Waals surface area contributed by atoms with E-state index in [9.17, 15) is 9.59 Å². The number of nitrogens with one attached hydrogen (secondary N) is 1. The highest BCUT2D eigenvalue weighted by atomic mass is 16.5. The summed E-state index contributed by atoms with van der Waals surface area (Å²) < 4.78 is 10.5. The Balaban J connectivity index is 1.50. The van der Waals surface area contributed by atoms with Gasteiger partial charge in [0, 0.05) is 6.21 Å². The van der Waals surface area contributed by atoms with Crippen molar-refractivity contribution >= 4 is 18.0 Å². The van der Waals surface area contributed by atoms with E-state index >= 15 is 0 Å². The Labute approximate surface area is 143 Å². The Morgan fingerprint density at radius 3 is 3.00 bits per heavy atom. The van der Waals surface area contributed by atoms with Gasteiger partial charge in [-0.1, -0.05) is 29.4 Å². The monoisotopic (exact) mass is 340 g/mol. The number of para-hydroxylation sites is 1. The number of amides is 2.